The molecule has 0 fully saturated rings. The smallest absolute Gasteiger partial charge is 0.286 e. The van der Waals surface area contributed by atoms with Gasteiger partial charge in [0.05, 0.1) is 22.1 Å². The highest BCUT2D eigenvalue weighted by molar-refractivity contribution is 9.10. The van der Waals surface area contributed by atoms with Crippen LogP contribution in [0.4, 0.5) is 5.69 Å². The summed E-state index contributed by atoms with van der Waals surface area (Å²) in [5.74, 6) is -0.292. The molecule has 0 N–H and O–H groups in total. The average Bonchev–Trinajstić information content (AvgIpc) is 2.81. The van der Waals surface area contributed by atoms with Gasteiger partial charge in [-0.25, -0.2) is 0 Å². The second kappa shape index (κ2) is 5.41. The molecule has 0 bridgehead atoms. The molecular formula is C12H10BrN3O4. The maximum Gasteiger partial charge on any atom is 0.286 e. The van der Waals surface area contributed by atoms with E-state index in [0.29, 0.717) is 5.56 Å². The number of aromatic nitrogens is 2. The van der Waals surface area contributed by atoms with Crippen LogP contribution in [0.1, 0.15) is 10.4 Å². The molecule has 2 heterocycles. The fourth-order valence-corrected chi connectivity index (χ4v) is 2.18. The molecule has 0 amide bonds. The molecule has 0 saturated carbocycles. The molecule has 0 aliphatic carbocycles. The van der Waals surface area contributed by atoms with Gasteiger partial charge in [-0.2, -0.15) is 0 Å². The van der Waals surface area contributed by atoms with Gasteiger partial charge in [0.25, 0.3) is 11.2 Å². The lowest BCUT2D eigenvalue weighted by atomic mass is 10.2. The summed E-state index contributed by atoms with van der Waals surface area (Å²) < 4.78 is 2.78. The maximum atomic E-state index is 12.0. The van der Waals surface area contributed by atoms with Crippen molar-refractivity contribution in [2.45, 2.75) is 6.54 Å². The van der Waals surface area contributed by atoms with Crippen molar-refractivity contribution in [1.29, 1.82) is 0 Å². The molecule has 2 aromatic rings. The Balaban J connectivity index is 2.36. The Morgan fingerprint density at radius 3 is 2.70 bits per heavy atom. The summed E-state index contributed by atoms with van der Waals surface area (Å²) in [5, 5.41) is 10.8. The van der Waals surface area contributed by atoms with Crippen molar-refractivity contribution in [3.63, 3.8) is 0 Å². The van der Waals surface area contributed by atoms with Crippen LogP contribution in [0.25, 0.3) is 0 Å². The van der Waals surface area contributed by atoms with Gasteiger partial charge in [0.15, 0.2) is 5.78 Å². The Morgan fingerprint density at radius 2 is 2.15 bits per heavy atom. The van der Waals surface area contributed by atoms with Gasteiger partial charge in [-0.1, -0.05) is 0 Å². The van der Waals surface area contributed by atoms with Crippen LogP contribution in [0.5, 0.6) is 0 Å². The van der Waals surface area contributed by atoms with E-state index in [1.807, 2.05) is 0 Å². The summed E-state index contributed by atoms with van der Waals surface area (Å²) in [7, 11) is 1.77. The molecule has 2 aromatic heterocycles. The third-order valence-corrected chi connectivity index (χ3v) is 3.27. The molecule has 0 aliphatic rings. The highest BCUT2D eigenvalue weighted by Gasteiger charge is 2.15. The minimum absolute atomic E-state index is 0.0487. The van der Waals surface area contributed by atoms with Crippen LogP contribution in [0, 0.1) is 10.1 Å². The second-order valence-electron chi connectivity index (χ2n) is 4.23. The van der Waals surface area contributed by atoms with E-state index in [1.54, 1.807) is 30.1 Å². The molecule has 0 aliphatic heterocycles. The first kappa shape index (κ1) is 14.2. The van der Waals surface area contributed by atoms with Gasteiger partial charge in [-0.3, -0.25) is 24.3 Å². The molecule has 104 valence electrons. The lowest BCUT2D eigenvalue weighted by Crippen LogP contribution is -2.24. The number of ketones is 1. The molecular weight excluding hydrogens is 330 g/mol. The third kappa shape index (κ3) is 2.85. The Bertz CT molecular complexity index is 747. The van der Waals surface area contributed by atoms with Crippen LogP contribution in [-0.2, 0) is 13.6 Å². The predicted octanol–water partition coefficient (Wildman–Crippen LogP) is 1.74. The fourth-order valence-electron chi connectivity index (χ4n) is 1.72. The number of nitrogens with zero attached hydrogens (tertiary/aromatic N) is 3. The fraction of sp³-hybridized carbons (Fsp3) is 0.167. The zero-order chi connectivity index (χ0) is 14.9. The first-order valence-corrected chi connectivity index (χ1v) is 6.37. The van der Waals surface area contributed by atoms with E-state index in [1.165, 1.54) is 0 Å². The zero-order valence-corrected chi connectivity index (χ0v) is 12.0. The molecule has 8 heteroatoms. The maximum absolute atomic E-state index is 12.0. The molecule has 7 nitrogen and oxygen atoms in total. The van der Waals surface area contributed by atoms with Gasteiger partial charge in [-0.15, -0.1) is 0 Å². The molecule has 0 unspecified atom stereocenters. The first-order valence-electron chi connectivity index (χ1n) is 5.58. The summed E-state index contributed by atoms with van der Waals surface area (Å²) in [5.41, 5.74) is -0.292. The van der Waals surface area contributed by atoms with Gasteiger partial charge < -0.3 is 4.57 Å². The lowest BCUT2D eigenvalue weighted by Gasteiger charge is -2.04. The van der Waals surface area contributed by atoms with Gasteiger partial charge in [-0.05, 0) is 22.0 Å². The summed E-state index contributed by atoms with van der Waals surface area (Å²) in [6.07, 6.45) is 4.40. The quantitative estimate of drug-likeness (QED) is 0.482. The number of hydrogen-bond donors (Lipinski definition) is 0. The van der Waals surface area contributed by atoms with Crippen molar-refractivity contribution < 1.29 is 9.72 Å². The van der Waals surface area contributed by atoms with E-state index < -0.39 is 10.5 Å². The van der Waals surface area contributed by atoms with Gasteiger partial charge in [0.2, 0.25) is 0 Å². The van der Waals surface area contributed by atoms with Crippen LogP contribution in [0.15, 0.2) is 40.0 Å². The lowest BCUT2D eigenvalue weighted by molar-refractivity contribution is -0.385. The molecule has 0 aromatic carbocycles. The van der Waals surface area contributed by atoms with Crippen molar-refractivity contribution in [2.24, 2.45) is 7.05 Å². The van der Waals surface area contributed by atoms with Crippen molar-refractivity contribution in [3.8, 4) is 0 Å². The Kier molecular flexibility index (Phi) is 3.84. The Hall–Kier alpha value is -2.22. The highest BCUT2D eigenvalue weighted by atomic mass is 79.9. The summed E-state index contributed by atoms with van der Waals surface area (Å²) in [4.78, 5) is 34.0. The number of halogens is 1. The summed E-state index contributed by atoms with van der Waals surface area (Å²) >= 11 is 2.96. The number of rotatable bonds is 4. The van der Waals surface area contributed by atoms with E-state index in [4.69, 9.17) is 0 Å². The van der Waals surface area contributed by atoms with E-state index >= 15 is 0 Å². The monoisotopic (exact) mass is 339 g/mol. The van der Waals surface area contributed by atoms with Crippen LogP contribution >= 0.6 is 15.9 Å². The van der Waals surface area contributed by atoms with Crippen molar-refractivity contribution in [2.75, 3.05) is 0 Å². The molecule has 2 rings (SSSR count). The van der Waals surface area contributed by atoms with Crippen molar-refractivity contribution in [3.05, 3.63) is 61.2 Å². The minimum Gasteiger partial charge on any atom is -0.357 e. The zero-order valence-electron chi connectivity index (χ0n) is 10.4. The largest absolute Gasteiger partial charge is 0.357 e. The van der Waals surface area contributed by atoms with E-state index in [9.17, 15) is 19.7 Å². The van der Waals surface area contributed by atoms with E-state index in [0.717, 1.165) is 16.8 Å². The number of Topliss-reactive ketones (excluding diaryl/α,β-unsaturated/α-hetero) is 1. The van der Waals surface area contributed by atoms with Crippen molar-refractivity contribution in [1.82, 2.24) is 9.13 Å². The van der Waals surface area contributed by atoms with Crippen LogP contribution in [-0.4, -0.2) is 19.8 Å². The van der Waals surface area contributed by atoms with Gasteiger partial charge in [0, 0.05) is 31.1 Å². The molecule has 0 saturated heterocycles. The van der Waals surface area contributed by atoms with Crippen molar-refractivity contribution >= 4 is 27.4 Å². The van der Waals surface area contributed by atoms with E-state index in [-0.39, 0.29) is 22.5 Å². The number of nitro groups is 1. The number of carbonyl (C=O) groups is 1. The van der Waals surface area contributed by atoms with E-state index in [2.05, 4.69) is 15.9 Å². The van der Waals surface area contributed by atoms with Crippen LogP contribution < -0.4 is 5.56 Å². The minimum atomic E-state index is -0.617. The molecule has 0 spiro atoms. The highest BCUT2D eigenvalue weighted by Crippen LogP contribution is 2.14. The molecule has 0 atom stereocenters. The van der Waals surface area contributed by atoms with Gasteiger partial charge in [0.1, 0.15) is 0 Å². The average molecular weight is 340 g/mol. The topological polar surface area (TPSA) is 87.1 Å². The van der Waals surface area contributed by atoms with Crippen LogP contribution in [0.3, 0.4) is 0 Å². The standard InChI is InChI=1S/C12H10BrN3O4/c1-14-3-2-8(5-14)11(17)7-15-6-9(16(19)20)4-10(13)12(15)18/h2-6H,7H2,1H3. The first-order chi connectivity index (χ1) is 9.38. The second-order valence-corrected chi connectivity index (χ2v) is 5.08. The summed E-state index contributed by atoms with van der Waals surface area (Å²) in [6.45, 7) is -0.247. The van der Waals surface area contributed by atoms with Gasteiger partial charge >= 0.3 is 0 Å². The van der Waals surface area contributed by atoms with Crippen LogP contribution in [0.2, 0.25) is 0 Å². The third-order valence-electron chi connectivity index (χ3n) is 2.71. The summed E-state index contributed by atoms with van der Waals surface area (Å²) in [6, 6.07) is 2.74. The Labute approximate surface area is 121 Å². The number of aryl methyl sites for hydroxylation is 1. The SMILES string of the molecule is Cn1ccc(C(=O)Cn2cc([N+](=O)[O-])cc(Br)c2=O)c1. The predicted molar refractivity (Wildman–Crippen MR) is 74.8 cm³/mol. The number of pyridine rings is 1. The molecule has 20 heavy (non-hydrogen) atoms. The Morgan fingerprint density at radius 1 is 1.45 bits per heavy atom. The molecule has 0 radical (unpaired) electrons. The number of carbonyl (C=O) groups excluding carboxylic acids is 1. The normalized spacial score (nSPS) is 10.5. The number of hydrogen-bond acceptors (Lipinski definition) is 4.